The molecule has 0 aliphatic heterocycles. The Kier molecular flexibility index (Phi) is 16.2. The van der Waals surface area contributed by atoms with Crippen molar-refractivity contribution in [2.75, 3.05) is 0 Å². The van der Waals surface area contributed by atoms with Crippen molar-refractivity contribution in [2.24, 2.45) is 5.73 Å². The summed E-state index contributed by atoms with van der Waals surface area (Å²) in [7, 11) is 0. The molecule has 0 saturated heterocycles. The summed E-state index contributed by atoms with van der Waals surface area (Å²) < 4.78 is 10.2. The normalized spacial score (nSPS) is 12.6. The molecule has 166 valence electrons. The van der Waals surface area contributed by atoms with Crippen molar-refractivity contribution in [1.82, 2.24) is 0 Å². The number of hydrogen-bond donors (Lipinski definition) is 1. The summed E-state index contributed by atoms with van der Waals surface area (Å²) in [6, 6.07) is 0. The molecule has 0 aromatic carbocycles. The highest BCUT2D eigenvalue weighted by molar-refractivity contribution is 5.72. The van der Waals surface area contributed by atoms with Gasteiger partial charge in [0.25, 0.3) is 0 Å². The fraction of sp³-hybridized carbons (Fsp3) is 0.913. The Labute approximate surface area is 173 Å². The van der Waals surface area contributed by atoms with E-state index in [9.17, 15) is 9.59 Å². The smallest absolute Gasteiger partial charge is 0.311 e. The van der Waals surface area contributed by atoms with Gasteiger partial charge in [-0.1, -0.05) is 84.0 Å². The first-order valence-electron chi connectivity index (χ1n) is 11.4. The van der Waals surface area contributed by atoms with E-state index in [-0.39, 0.29) is 12.4 Å². The van der Waals surface area contributed by atoms with Crippen LogP contribution in [0.15, 0.2) is 0 Å². The van der Waals surface area contributed by atoms with E-state index >= 15 is 0 Å². The molecular weight excluding hydrogens is 354 g/mol. The maximum absolute atomic E-state index is 11.8. The summed E-state index contributed by atoms with van der Waals surface area (Å²) in [6.45, 7) is 7.62. The minimum absolute atomic E-state index is 0.110. The van der Waals surface area contributed by atoms with Gasteiger partial charge in [-0.2, -0.15) is 0 Å². The first kappa shape index (κ1) is 26.9. The topological polar surface area (TPSA) is 78.6 Å². The van der Waals surface area contributed by atoms with Crippen molar-refractivity contribution in [3.05, 3.63) is 0 Å². The standard InChI is InChI=1S/C23H45NO4/c1-5-6-7-8-9-10-11-12-13-14-15-16-17-18-21(25)27-20(24)19-22(26)28-23(2,3)4/h20H,5-19,24H2,1-4H3. The molecule has 0 radical (unpaired) electrons. The number of unbranched alkanes of at least 4 members (excludes halogenated alkanes) is 12. The zero-order valence-corrected chi connectivity index (χ0v) is 18.9. The third kappa shape index (κ3) is 19.7. The number of carbonyl (C=O) groups excluding carboxylic acids is 2. The van der Waals surface area contributed by atoms with Gasteiger partial charge in [0.05, 0.1) is 6.42 Å². The summed E-state index contributed by atoms with van der Waals surface area (Å²) in [5, 5.41) is 0. The van der Waals surface area contributed by atoms with E-state index in [0.29, 0.717) is 6.42 Å². The fourth-order valence-electron chi connectivity index (χ4n) is 3.10. The SMILES string of the molecule is CCCCCCCCCCCCCCCC(=O)OC(N)CC(=O)OC(C)(C)C. The van der Waals surface area contributed by atoms with E-state index in [2.05, 4.69) is 6.92 Å². The lowest BCUT2D eigenvalue weighted by molar-refractivity contribution is -0.161. The zero-order valence-electron chi connectivity index (χ0n) is 18.9. The van der Waals surface area contributed by atoms with Crippen LogP contribution in [0.25, 0.3) is 0 Å². The first-order valence-corrected chi connectivity index (χ1v) is 11.4. The van der Waals surface area contributed by atoms with Crippen molar-refractivity contribution in [3.63, 3.8) is 0 Å². The Morgan fingerprint density at radius 1 is 0.750 bits per heavy atom. The predicted octanol–water partition coefficient (Wildman–Crippen LogP) is 6.03. The van der Waals surface area contributed by atoms with E-state index < -0.39 is 17.8 Å². The van der Waals surface area contributed by atoms with Gasteiger partial charge < -0.3 is 9.47 Å². The van der Waals surface area contributed by atoms with Gasteiger partial charge in [0.2, 0.25) is 0 Å². The highest BCUT2D eigenvalue weighted by Gasteiger charge is 2.20. The van der Waals surface area contributed by atoms with Crippen LogP contribution < -0.4 is 5.73 Å². The Morgan fingerprint density at radius 3 is 1.61 bits per heavy atom. The van der Waals surface area contributed by atoms with Gasteiger partial charge in [0.1, 0.15) is 5.60 Å². The average Bonchev–Trinajstić information content (AvgIpc) is 2.57. The molecule has 0 aromatic rings. The van der Waals surface area contributed by atoms with Gasteiger partial charge in [0, 0.05) is 6.42 Å². The number of esters is 2. The van der Waals surface area contributed by atoms with Crippen molar-refractivity contribution >= 4 is 11.9 Å². The molecule has 0 fully saturated rings. The number of nitrogens with two attached hydrogens (primary N) is 1. The molecule has 0 rings (SSSR count). The number of carbonyl (C=O) groups is 2. The molecule has 0 bridgehead atoms. The third-order valence-electron chi connectivity index (χ3n) is 4.56. The maximum Gasteiger partial charge on any atom is 0.311 e. The second-order valence-electron chi connectivity index (χ2n) is 8.81. The van der Waals surface area contributed by atoms with E-state index in [0.717, 1.165) is 19.3 Å². The molecule has 0 aliphatic rings. The Hall–Kier alpha value is -1.10. The molecule has 2 N–H and O–H groups in total. The molecule has 0 spiro atoms. The van der Waals surface area contributed by atoms with Crippen LogP contribution >= 0.6 is 0 Å². The van der Waals surface area contributed by atoms with Gasteiger partial charge >= 0.3 is 11.9 Å². The summed E-state index contributed by atoms with van der Waals surface area (Å²) in [4.78, 5) is 23.4. The van der Waals surface area contributed by atoms with Gasteiger partial charge in [-0.05, 0) is 27.2 Å². The summed E-state index contributed by atoms with van der Waals surface area (Å²) >= 11 is 0. The van der Waals surface area contributed by atoms with Gasteiger partial charge in [0.15, 0.2) is 6.23 Å². The number of ether oxygens (including phenoxy) is 2. The van der Waals surface area contributed by atoms with Crippen LogP contribution in [-0.2, 0) is 19.1 Å². The molecule has 0 heterocycles. The van der Waals surface area contributed by atoms with E-state index in [1.54, 1.807) is 20.8 Å². The maximum atomic E-state index is 11.8. The lowest BCUT2D eigenvalue weighted by Crippen LogP contribution is -2.33. The van der Waals surface area contributed by atoms with Crippen LogP contribution in [0.5, 0.6) is 0 Å². The van der Waals surface area contributed by atoms with E-state index in [1.165, 1.54) is 64.2 Å². The minimum Gasteiger partial charge on any atom is -0.460 e. The molecule has 28 heavy (non-hydrogen) atoms. The summed E-state index contributed by atoms with van der Waals surface area (Å²) in [5.74, 6) is -0.784. The molecule has 0 saturated carbocycles. The highest BCUT2D eigenvalue weighted by Crippen LogP contribution is 2.13. The number of hydrogen-bond acceptors (Lipinski definition) is 5. The second kappa shape index (κ2) is 16.8. The lowest BCUT2D eigenvalue weighted by atomic mass is 10.0. The molecule has 5 nitrogen and oxygen atoms in total. The number of rotatable bonds is 17. The first-order chi connectivity index (χ1) is 13.2. The van der Waals surface area contributed by atoms with Crippen molar-refractivity contribution in [1.29, 1.82) is 0 Å². The quantitative estimate of drug-likeness (QED) is 0.184. The average molecular weight is 400 g/mol. The molecule has 0 aliphatic carbocycles. The van der Waals surface area contributed by atoms with Crippen LogP contribution in [0.1, 0.15) is 124 Å². The van der Waals surface area contributed by atoms with Gasteiger partial charge in [-0.15, -0.1) is 0 Å². The Balaban J connectivity index is 3.46. The van der Waals surface area contributed by atoms with Crippen LogP contribution in [0, 0.1) is 0 Å². The van der Waals surface area contributed by atoms with Crippen LogP contribution in [0.4, 0.5) is 0 Å². The lowest BCUT2D eigenvalue weighted by Gasteiger charge is -2.20. The zero-order chi connectivity index (χ0) is 21.3. The second-order valence-corrected chi connectivity index (χ2v) is 8.81. The Morgan fingerprint density at radius 2 is 1.18 bits per heavy atom. The van der Waals surface area contributed by atoms with E-state index in [1.807, 2.05) is 0 Å². The van der Waals surface area contributed by atoms with Gasteiger partial charge in [-0.25, -0.2) is 0 Å². The molecule has 5 heteroatoms. The molecule has 0 aromatic heterocycles. The predicted molar refractivity (Wildman–Crippen MR) is 115 cm³/mol. The fourth-order valence-corrected chi connectivity index (χ4v) is 3.10. The van der Waals surface area contributed by atoms with Crippen LogP contribution in [0.2, 0.25) is 0 Å². The largest absolute Gasteiger partial charge is 0.460 e. The van der Waals surface area contributed by atoms with Crippen LogP contribution in [0.3, 0.4) is 0 Å². The van der Waals surface area contributed by atoms with Crippen molar-refractivity contribution < 1.29 is 19.1 Å². The van der Waals surface area contributed by atoms with Crippen molar-refractivity contribution in [3.8, 4) is 0 Å². The van der Waals surface area contributed by atoms with Gasteiger partial charge in [-0.3, -0.25) is 15.3 Å². The van der Waals surface area contributed by atoms with Crippen molar-refractivity contribution in [2.45, 2.75) is 136 Å². The third-order valence-corrected chi connectivity index (χ3v) is 4.56. The Bertz CT molecular complexity index is 404. The van der Waals surface area contributed by atoms with Crippen LogP contribution in [-0.4, -0.2) is 23.8 Å². The monoisotopic (exact) mass is 399 g/mol. The molecule has 1 atom stereocenters. The molecule has 1 unspecified atom stereocenters. The van der Waals surface area contributed by atoms with E-state index in [4.69, 9.17) is 15.2 Å². The highest BCUT2D eigenvalue weighted by atomic mass is 16.6. The minimum atomic E-state index is -0.927. The molecular formula is C23H45NO4. The summed E-state index contributed by atoms with van der Waals surface area (Å²) in [5.41, 5.74) is 5.13. The molecule has 0 amide bonds. The summed E-state index contributed by atoms with van der Waals surface area (Å²) in [6.07, 6.45) is 15.8.